The van der Waals surface area contributed by atoms with E-state index in [1.807, 2.05) is 43.3 Å². The van der Waals surface area contributed by atoms with Crippen LogP contribution in [0.15, 0.2) is 53.1 Å². The molecule has 1 saturated heterocycles. The van der Waals surface area contributed by atoms with Crippen LogP contribution in [0.1, 0.15) is 31.6 Å². The van der Waals surface area contributed by atoms with E-state index in [1.165, 1.54) is 0 Å². The van der Waals surface area contributed by atoms with Crippen LogP contribution in [0.25, 0.3) is 11.4 Å². The first kappa shape index (κ1) is 20.2. The van der Waals surface area contributed by atoms with Crippen LogP contribution in [-0.2, 0) is 0 Å². The number of likely N-dealkylation sites (tertiary alicyclic amines) is 1. The van der Waals surface area contributed by atoms with E-state index < -0.39 is 0 Å². The summed E-state index contributed by atoms with van der Waals surface area (Å²) >= 11 is 5.94. The Balaban J connectivity index is 1.39. The lowest BCUT2D eigenvalue weighted by Crippen LogP contribution is -2.41. The maximum absolute atomic E-state index is 12.7. The number of rotatable bonds is 5. The predicted molar refractivity (Wildman–Crippen MR) is 115 cm³/mol. The molecule has 2 aromatic carbocycles. The van der Waals surface area contributed by atoms with Gasteiger partial charge in [0.25, 0.3) is 0 Å². The number of anilines is 1. The van der Waals surface area contributed by atoms with Gasteiger partial charge in [0.2, 0.25) is 11.7 Å². The number of carbonyl (C=O) groups is 1. The van der Waals surface area contributed by atoms with Crippen LogP contribution in [0.4, 0.5) is 10.5 Å². The summed E-state index contributed by atoms with van der Waals surface area (Å²) in [4.78, 5) is 19.1. The van der Waals surface area contributed by atoms with Gasteiger partial charge in [-0.25, -0.2) is 4.79 Å². The lowest BCUT2D eigenvalue weighted by atomic mass is 9.98. The van der Waals surface area contributed by atoms with Crippen molar-refractivity contribution in [3.8, 4) is 17.1 Å². The van der Waals surface area contributed by atoms with Crippen molar-refractivity contribution in [3.05, 3.63) is 59.4 Å². The van der Waals surface area contributed by atoms with E-state index in [0.717, 1.165) is 29.8 Å². The summed E-state index contributed by atoms with van der Waals surface area (Å²) in [6.07, 6.45) is 1.77. The first-order valence-electron chi connectivity index (χ1n) is 10.0. The van der Waals surface area contributed by atoms with Gasteiger partial charge in [-0.1, -0.05) is 16.8 Å². The van der Waals surface area contributed by atoms with Crippen LogP contribution in [0.3, 0.4) is 0 Å². The first-order chi connectivity index (χ1) is 14.6. The van der Waals surface area contributed by atoms with Gasteiger partial charge < -0.3 is 19.5 Å². The molecule has 0 aliphatic carbocycles. The van der Waals surface area contributed by atoms with Gasteiger partial charge in [0.05, 0.1) is 12.5 Å². The normalized spacial score (nSPS) is 16.3. The highest BCUT2D eigenvalue weighted by Gasteiger charge is 2.28. The lowest BCUT2D eigenvalue weighted by molar-refractivity contribution is 0.184. The van der Waals surface area contributed by atoms with E-state index in [2.05, 4.69) is 15.5 Å². The SMILES string of the molecule is CCOc1ccc(NC(=O)N2CCCC(c3nc(-c4ccc(Cl)cc4)no3)C2)cc1. The van der Waals surface area contributed by atoms with E-state index in [4.69, 9.17) is 20.9 Å². The van der Waals surface area contributed by atoms with E-state index >= 15 is 0 Å². The number of hydrogen-bond donors (Lipinski definition) is 1. The Morgan fingerprint density at radius 2 is 2.00 bits per heavy atom. The van der Waals surface area contributed by atoms with Crippen molar-refractivity contribution in [2.75, 3.05) is 25.0 Å². The van der Waals surface area contributed by atoms with Gasteiger partial charge in [-0.05, 0) is 68.3 Å². The van der Waals surface area contributed by atoms with Crippen molar-refractivity contribution in [2.45, 2.75) is 25.7 Å². The summed E-state index contributed by atoms with van der Waals surface area (Å²) in [6.45, 7) is 3.77. The third-order valence-corrected chi connectivity index (χ3v) is 5.27. The average Bonchev–Trinajstić information content (AvgIpc) is 3.26. The first-order valence-corrected chi connectivity index (χ1v) is 10.4. The Hall–Kier alpha value is -3.06. The molecule has 1 aromatic heterocycles. The maximum Gasteiger partial charge on any atom is 0.321 e. The zero-order valence-electron chi connectivity index (χ0n) is 16.7. The molecule has 0 saturated carbocycles. The molecule has 4 rings (SSSR count). The highest BCUT2D eigenvalue weighted by Crippen LogP contribution is 2.28. The predicted octanol–water partition coefficient (Wildman–Crippen LogP) is 5.20. The van der Waals surface area contributed by atoms with Gasteiger partial charge in [-0.15, -0.1) is 0 Å². The Kier molecular flexibility index (Phi) is 6.18. The van der Waals surface area contributed by atoms with Crippen LogP contribution in [-0.4, -0.2) is 40.8 Å². The number of urea groups is 1. The quantitative estimate of drug-likeness (QED) is 0.606. The second-order valence-electron chi connectivity index (χ2n) is 7.14. The van der Waals surface area contributed by atoms with E-state index in [0.29, 0.717) is 36.4 Å². The third kappa shape index (κ3) is 4.74. The summed E-state index contributed by atoms with van der Waals surface area (Å²) in [5.74, 6) is 1.87. The smallest absolute Gasteiger partial charge is 0.321 e. The summed E-state index contributed by atoms with van der Waals surface area (Å²) < 4.78 is 10.9. The number of nitrogens with one attached hydrogen (secondary N) is 1. The third-order valence-electron chi connectivity index (χ3n) is 5.02. The molecule has 0 bridgehead atoms. The largest absolute Gasteiger partial charge is 0.494 e. The Bertz CT molecular complexity index is 988. The monoisotopic (exact) mass is 426 g/mol. The molecule has 1 aliphatic rings. The fraction of sp³-hybridized carbons (Fsp3) is 0.318. The van der Waals surface area contributed by atoms with Gasteiger partial charge in [-0.2, -0.15) is 4.98 Å². The van der Waals surface area contributed by atoms with Crippen molar-refractivity contribution in [3.63, 3.8) is 0 Å². The molecular weight excluding hydrogens is 404 g/mol. The van der Waals surface area contributed by atoms with Crippen LogP contribution < -0.4 is 10.1 Å². The van der Waals surface area contributed by atoms with Crippen LogP contribution in [0.5, 0.6) is 5.75 Å². The number of aromatic nitrogens is 2. The topological polar surface area (TPSA) is 80.5 Å². The molecule has 3 aromatic rings. The Morgan fingerprint density at radius 3 is 2.73 bits per heavy atom. The zero-order chi connectivity index (χ0) is 20.9. The molecule has 1 fully saturated rings. The van der Waals surface area contributed by atoms with E-state index in [1.54, 1.807) is 17.0 Å². The van der Waals surface area contributed by atoms with Crippen LogP contribution >= 0.6 is 11.6 Å². The highest BCUT2D eigenvalue weighted by atomic mass is 35.5. The fourth-order valence-corrected chi connectivity index (χ4v) is 3.61. The van der Waals surface area contributed by atoms with E-state index in [-0.39, 0.29) is 11.9 Å². The number of hydrogen-bond acceptors (Lipinski definition) is 5. The summed E-state index contributed by atoms with van der Waals surface area (Å²) in [7, 11) is 0. The summed E-state index contributed by atoms with van der Waals surface area (Å²) in [5.41, 5.74) is 1.57. The molecule has 1 unspecified atom stereocenters. The molecule has 30 heavy (non-hydrogen) atoms. The van der Waals surface area contributed by atoms with Crippen molar-refractivity contribution < 1.29 is 14.1 Å². The van der Waals surface area contributed by atoms with Crippen molar-refractivity contribution in [2.24, 2.45) is 0 Å². The fourth-order valence-electron chi connectivity index (χ4n) is 3.48. The number of carbonyl (C=O) groups excluding carboxylic acids is 1. The second kappa shape index (κ2) is 9.17. The zero-order valence-corrected chi connectivity index (χ0v) is 17.4. The van der Waals surface area contributed by atoms with Gasteiger partial charge >= 0.3 is 6.03 Å². The number of nitrogens with zero attached hydrogens (tertiary/aromatic N) is 3. The molecule has 2 heterocycles. The molecular formula is C22H23ClN4O3. The molecule has 2 amide bonds. The number of piperidine rings is 1. The number of ether oxygens (including phenoxy) is 1. The highest BCUT2D eigenvalue weighted by molar-refractivity contribution is 6.30. The molecule has 0 radical (unpaired) electrons. The van der Waals surface area contributed by atoms with Crippen molar-refractivity contribution in [1.82, 2.24) is 15.0 Å². The molecule has 1 aliphatic heterocycles. The Morgan fingerprint density at radius 1 is 1.23 bits per heavy atom. The Labute approximate surface area is 180 Å². The molecule has 1 N–H and O–H groups in total. The van der Waals surface area contributed by atoms with E-state index in [9.17, 15) is 4.79 Å². The molecule has 0 spiro atoms. The van der Waals surface area contributed by atoms with Gasteiger partial charge in [-0.3, -0.25) is 0 Å². The van der Waals surface area contributed by atoms with Gasteiger partial charge in [0, 0.05) is 29.4 Å². The van der Waals surface area contributed by atoms with Crippen molar-refractivity contribution in [1.29, 1.82) is 0 Å². The minimum absolute atomic E-state index is 0.0124. The molecule has 1 atom stereocenters. The number of halogens is 1. The van der Waals surface area contributed by atoms with Gasteiger partial charge in [0.1, 0.15) is 5.75 Å². The van der Waals surface area contributed by atoms with Crippen LogP contribution in [0, 0.1) is 0 Å². The summed E-state index contributed by atoms with van der Waals surface area (Å²) in [6, 6.07) is 14.5. The lowest BCUT2D eigenvalue weighted by Gasteiger charge is -2.31. The van der Waals surface area contributed by atoms with Crippen LogP contribution in [0.2, 0.25) is 5.02 Å². The maximum atomic E-state index is 12.7. The second-order valence-corrected chi connectivity index (χ2v) is 7.57. The van der Waals surface area contributed by atoms with Gasteiger partial charge in [0.15, 0.2) is 0 Å². The number of benzene rings is 2. The average molecular weight is 427 g/mol. The standard InChI is InChI=1S/C22H23ClN4O3/c1-2-29-19-11-9-18(10-12-19)24-22(28)27-13-3-4-16(14-27)21-25-20(26-30-21)15-5-7-17(23)8-6-15/h5-12,16H,2-4,13-14H2,1H3,(H,24,28). The summed E-state index contributed by atoms with van der Waals surface area (Å²) in [5, 5.41) is 7.69. The minimum atomic E-state index is -0.138. The molecule has 7 nitrogen and oxygen atoms in total. The molecule has 8 heteroatoms. The number of amides is 2. The van der Waals surface area contributed by atoms with Crippen molar-refractivity contribution >= 4 is 23.3 Å². The molecule has 156 valence electrons. The minimum Gasteiger partial charge on any atom is -0.494 e.